The van der Waals surface area contributed by atoms with E-state index in [0.29, 0.717) is 24.2 Å². The van der Waals surface area contributed by atoms with Crippen molar-refractivity contribution >= 4 is 29.7 Å². The second-order valence-corrected chi connectivity index (χ2v) is 12.6. The standard InChI is InChI=1S/C27H45N3O5S/c1-11-27(8,9)30(23(33)20(16-17-36-10)28-24(34)35-26(5,6)7)21(22(32)29-25(2,3)4)18-12-14-19(31)15-13-18/h12-15,20-21,31H,11,16-17H2,1-10H3,(H,28,34)(H,29,32). The largest absolute Gasteiger partial charge is 0.508 e. The van der Waals surface area contributed by atoms with Crippen LogP contribution in [0.5, 0.6) is 5.75 Å². The van der Waals surface area contributed by atoms with E-state index in [0.717, 1.165) is 0 Å². The Balaban J connectivity index is 3.62. The molecule has 0 aliphatic heterocycles. The first-order valence-corrected chi connectivity index (χ1v) is 13.7. The number of aromatic hydroxyl groups is 1. The van der Waals surface area contributed by atoms with Crippen LogP contribution in [0.15, 0.2) is 24.3 Å². The number of phenols is 1. The highest BCUT2D eigenvalue weighted by atomic mass is 32.2. The van der Waals surface area contributed by atoms with Crippen molar-refractivity contribution in [1.82, 2.24) is 15.5 Å². The molecule has 0 radical (unpaired) electrons. The fraction of sp³-hybridized carbons (Fsp3) is 0.667. The fourth-order valence-electron chi connectivity index (χ4n) is 3.57. The molecular formula is C27H45N3O5S. The van der Waals surface area contributed by atoms with E-state index >= 15 is 0 Å². The number of ether oxygens (including phenoxy) is 1. The molecule has 0 fully saturated rings. The maximum atomic E-state index is 14.2. The summed E-state index contributed by atoms with van der Waals surface area (Å²) in [6.07, 6.45) is 2.19. The summed E-state index contributed by atoms with van der Waals surface area (Å²) in [5.41, 5.74) is -1.43. The molecule has 8 nitrogen and oxygen atoms in total. The summed E-state index contributed by atoms with van der Waals surface area (Å²) in [7, 11) is 0. The Morgan fingerprint density at radius 3 is 2.03 bits per heavy atom. The lowest BCUT2D eigenvalue weighted by Gasteiger charge is -2.45. The van der Waals surface area contributed by atoms with Crippen LogP contribution in [0.1, 0.15) is 86.8 Å². The van der Waals surface area contributed by atoms with Crippen LogP contribution in [0.4, 0.5) is 4.79 Å². The number of carbonyl (C=O) groups excluding carboxylic acids is 3. The van der Waals surface area contributed by atoms with Crippen molar-refractivity contribution in [3.63, 3.8) is 0 Å². The van der Waals surface area contributed by atoms with Gasteiger partial charge in [-0.3, -0.25) is 9.59 Å². The van der Waals surface area contributed by atoms with E-state index in [-0.39, 0.29) is 17.6 Å². The summed E-state index contributed by atoms with van der Waals surface area (Å²) in [6.45, 7) is 16.7. The van der Waals surface area contributed by atoms with Crippen LogP contribution in [-0.4, -0.2) is 62.6 Å². The molecule has 0 aromatic heterocycles. The Bertz CT molecular complexity index is 888. The number of alkyl carbamates (subject to hydrolysis) is 1. The van der Waals surface area contributed by atoms with Crippen LogP contribution >= 0.6 is 11.8 Å². The monoisotopic (exact) mass is 523 g/mol. The van der Waals surface area contributed by atoms with Crippen molar-refractivity contribution in [2.24, 2.45) is 0 Å². The molecular weight excluding hydrogens is 478 g/mol. The lowest BCUT2D eigenvalue weighted by molar-refractivity contribution is -0.150. The molecule has 0 bridgehead atoms. The van der Waals surface area contributed by atoms with Gasteiger partial charge in [-0.2, -0.15) is 11.8 Å². The molecule has 36 heavy (non-hydrogen) atoms. The molecule has 0 aliphatic carbocycles. The second kappa shape index (κ2) is 12.7. The first-order chi connectivity index (χ1) is 16.4. The molecule has 1 aromatic carbocycles. The zero-order valence-electron chi connectivity index (χ0n) is 23.5. The average molecular weight is 524 g/mol. The Kier molecular flexibility index (Phi) is 11.2. The predicted octanol–water partition coefficient (Wildman–Crippen LogP) is 5.01. The summed E-state index contributed by atoms with van der Waals surface area (Å²) >= 11 is 1.56. The molecule has 1 aromatic rings. The molecule has 2 atom stereocenters. The highest BCUT2D eigenvalue weighted by Gasteiger charge is 2.43. The maximum Gasteiger partial charge on any atom is 0.408 e. The minimum Gasteiger partial charge on any atom is -0.508 e. The number of benzene rings is 1. The molecule has 204 valence electrons. The average Bonchev–Trinajstić information content (AvgIpc) is 2.72. The SMILES string of the molecule is CCC(C)(C)N(C(=O)C(CCSC)NC(=O)OC(C)(C)C)C(C(=O)NC(C)(C)C)c1ccc(O)cc1. The number of hydrogen-bond donors (Lipinski definition) is 3. The number of hydrogen-bond acceptors (Lipinski definition) is 6. The number of amides is 3. The quantitative estimate of drug-likeness (QED) is 0.398. The zero-order chi connectivity index (χ0) is 27.9. The molecule has 3 N–H and O–H groups in total. The summed E-state index contributed by atoms with van der Waals surface area (Å²) in [4.78, 5) is 42.2. The number of phenolic OH excluding ortho intramolecular Hbond substituents is 1. The second-order valence-electron chi connectivity index (χ2n) is 11.6. The molecule has 2 unspecified atom stereocenters. The Morgan fingerprint density at radius 1 is 1.03 bits per heavy atom. The van der Waals surface area contributed by atoms with Gasteiger partial charge in [0.25, 0.3) is 0 Å². The van der Waals surface area contributed by atoms with E-state index in [1.807, 2.05) is 47.8 Å². The van der Waals surface area contributed by atoms with Crippen LogP contribution in [-0.2, 0) is 14.3 Å². The van der Waals surface area contributed by atoms with E-state index in [9.17, 15) is 19.5 Å². The van der Waals surface area contributed by atoms with Gasteiger partial charge in [0, 0.05) is 11.1 Å². The molecule has 3 amide bonds. The maximum absolute atomic E-state index is 14.2. The van der Waals surface area contributed by atoms with Gasteiger partial charge in [-0.05, 0) is 97.9 Å². The zero-order valence-corrected chi connectivity index (χ0v) is 24.3. The van der Waals surface area contributed by atoms with Crippen molar-refractivity contribution in [2.75, 3.05) is 12.0 Å². The van der Waals surface area contributed by atoms with Crippen molar-refractivity contribution < 1.29 is 24.2 Å². The van der Waals surface area contributed by atoms with E-state index in [1.165, 1.54) is 12.1 Å². The molecule has 1 rings (SSSR count). The summed E-state index contributed by atoms with van der Waals surface area (Å²) in [5, 5.41) is 15.6. The summed E-state index contributed by atoms with van der Waals surface area (Å²) < 4.78 is 5.43. The summed E-state index contributed by atoms with van der Waals surface area (Å²) in [5.74, 6) is -0.0244. The first-order valence-electron chi connectivity index (χ1n) is 12.3. The van der Waals surface area contributed by atoms with Gasteiger partial charge in [-0.1, -0.05) is 19.1 Å². The minimum absolute atomic E-state index is 0.0609. The molecule has 0 saturated carbocycles. The predicted molar refractivity (Wildman–Crippen MR) is 146 cm³/mol. The fourth-order valence-corrected chi connectivity index (χ4v) is 4.04. The molecule has 9 heteroatoms. The Labute approximate surface area is 220 Å². The van der Waals surface area contributed by atoms with E-state index in [1.54, 1.807) is 49.6 Å². The first kappa shape index (κ1) is 31.6. The van der Waals surface area contributed by atoms with Gasteiger partial charge < -0.3 is 25.4 Å². The van der Waals surface area contributed by atoms with Crippen LogP contribution in [0, 0.1) is 0 Å². The molecule has 0 saturated heterocycles. The van der Waals surface area contributed by atoms with Crippen LogP contribution in [0.2, 0.25) is 0 Å². The number of carbonyl (C=O) groups is 3. The third-order valence-corrected chi connectivity index (χ3v) is 6.21. The van der Waals surface area contributed by atoms with Gasteiger partial charge in [-0.25, -0.2) is 4.79 Å². The summed E-state index contributed by atoms with van der Waals surface area (Å²) in [6, 6.07) is 4.42. The third kappa shape index (κ3) is 9.91. The molecule has 0 heterocycles. The smallest absolute Gasteiger partial charge is 0.408 e. The van der Waals surface area contributed by atoms with E-state index in [4.69, 9.17) is 4.74 Å². The lowest BCUT2D eigenvalue weighted by Crippen LogP contribution is -2.60. The van der Waals surface area contributed by atoms with Crippen LogP contribution < -0.4 is 10.6 Å². The van der Waals surface area contributed by atoms with Crippen molar-refractivity contribution in [3.05, 3.63) is 29.8 Å². The van der Waals surface area contributed by atoms with Crippen molar-refractivity contribution in [3.8, 4) is 5.75 Å². The number of rotatable bonds is 10. The lowest BCUT2D eigenvalue weighted by atomic mass is 9.91. The van der Waals surface area contributed by atoms with Gasteiger partial charge in [0.1, 0.15) is 23.4 Å². The normalized spacial score (nSPS) is 13.9. The molecule has 0 spiro atoms. The van der Waals surface area contributed by atoms with Crippen LogP contribution in [0.3, 0.4) is 0 Å². The van der Waals surface area contributed by atoms with Gasteiger partial charge in [-0.15, -0.1) is 0 Å². The topological polar surface area (TPSA) is 108 Å². The van der Waals surface area contributed by atoms with E-state index < -0.39 is 34.9 Å². The number of nitrogens with zero attached hydrogens (tertiary/aromatic N) is 1. The highest BCUT2D eigenvalue weighted by molar-refractivity contribution is 7.98. The van der Waals surface area contributed by atoms with Gasteiger partial charge in [0.05, 0.1) is 0 Å². The minimum atomic E-state index is -0.982. The third-order valence-electron chi connectivity index (χ3n) is 5.57. The number of nitrogens with one attached hydrogen (secondary N) is 2. The van der Waals surface area contributed by atoms with Crippen molar-refractivity contribution in [2.45, 2.75) is 104 Å². The van der Waals surface area contributed by atoms with Crippen LogP contribution in [0.25, 0.3) is 0 Å². The highest BCUT2D eigenvalue weighted by Crippen LogP contribution is 2.33. The Hall–Kier alpha value is -2.42. The van der Waals surface area contributed by atoms with E-state index in [2.05, 4.69) is 10.6 Å². The van der Waals surface area contributed by atoms with Gasteiger partial charge in [0.15, 0.2) is 0 Å². The Morgan fingerprint density at radius 2 is 1.58 bits per heavy atom. The van der Waals surface area contributed by atoms with Crippen molar-refractivity contribution in [1.29, 1.82) is 0 Å². The van der Waals surface area contributed by atoms with Gasteiger partial charge >= 0.3 is 6.09 Å². The van der Waals surface area contributed by atoms with Gasteiger partial charge in [0.2, 0.25) is 11.8 Å². The molecule has 0 aliphatic rings. The number of thioether (sulfide) groups is 1.